The monoisotopic (exact) mass is 542 g/mol. The molecule has 0 saturated heterocycles. The van der Waals surface area contributed by atoms with Crippen LogP contribution in [0.25, 0.3) is 0 Å². The summed E-state index contributed by atoms with van der Waals surface area (Å²) in [6.07, 6.45) is 4.50. The van der Waals surface area contributed by atoms with Gasteiger partial charge in [0.1, 0.15) is 5.60 Å². The molecule has 37 heavy (non-hydrogen) atoms. The van der Waals surface area contributed by atoms with Gasteiger partial charge in [0.05, 0.1) is 24.3 Å². The normalized spacial score (nSPS) is 22.7. The van der Waals surface area contributed by atoms with Gasteiger partial charge < -0.3 is 25.2 Å². The third-order valence-corrected chi connectivity index (χ3v) is 7.36. The molecule has 9 nitrogen and oxygen atoms in total. The van der Waals surface area contributed by atoms with Crippen molar-refractivity contribution in [3.05, 3.63) is 11.6 Å². The van der Waals surface area contributed by atoms with Gasteiger partial charge in [0.2, 0.25) is 5.91 Å². The Morgan fingerprint density at radius 1 is 1.03 bits per heavy atom. The van der Waals surface area contributed by atoms with Crippen LogP contribution in [0.15, 0.2) is 11.6 Å². The summed E-state index contributed by atoms with van der Waals surface area (Å²) in [5.41, 5.74) is -0.725. The highest BCUT2D eigenvalue weighted by Crippen LogP contribution is 2.39. The fourth-order valence-electron chi connectivity index (χ4n) is 4.64. The minimum Gasteiger partial charge on any atom is -0.478 e. The lowest BCUT2D eigenvalue weighted by atomic mass is 9.75. The minimum atomic E-state index is -1.15. The summed E-state index contributed by atoms with van der Waals surface area (Å²) < 4.78 is 11.8. The van der Waals surface area contributed by atoms with E-state index in [9.17, 15) is 24.3 Å². The fraction of sp³-hybridized carbons (Fsp3) is 0.778. The number of carbonyl (C=O) groups is 4. The van der Waals surface area contributed by atoms with Crippen molar-refractivity contribution < 1.29 is 33.8 Å². The van der Waals surface area contributed by atoms with Gasteiger partial charge in [0.25, 0.3) is 0 Å². The molecule has 3 unspecified atom stereocenters. The van der Waals surface area contributed by atoms with Crippen molar-refractivity contribution >= 4 is 34.8 Å². The SMILES string of the molecule is CCCCCC(SC(C)=O)C1C(C(=O)O)=C[C@@H](OC(CC)CC)C(NC(C)=O)[C@H]1NC(=O)OC(C)(C)C. The first-order valence-electron chi connectivity index (χ1n) is 13.3. The van der Waals surface area contributed by atoms with E-state index in [0.717, 1.165) is 31.0 Å². The average Bonchev–Trinajstić information content (AvgIpc) is 2.76. The van der Waals surface area contributed by atoms with Crippen LogP contribution in [-0.4, -0.2) is 63.3 Å². The Morgan fingerprint density at radius 3 is 2.11 bits per heavy atom. The zero-order valence-electron chi connectivity index (χ0n) is 23.6. The second-order valence-electron chi connectivity index (χ2n) is 10.5. The fourth-order valence-corrected chi connectivity index (χ4v) is 5.81. The molecule has 0 aromatic heterocycles. The molecule has 0 spiro atoms. The second kappa shape index (κ2) is 15.4. The zero-order valence-corrected chi connectivity index (χ0v) is 24.4. The molecule has 0 aromatic carbocycles. The summed E-state index contributed by atoms with van der Waals surface area (Å²) in [4.78, 5) is 50.2. The number of unbranched alkanes of at least 4 members (excludes halogenated alkanes) is 2. The summed E-state index contributed by atoms with van der Waals surface area (Å²) in [6.45, 7) is 14.0. The molecule has 0 bridgehead atoms. The number of carbonyl (C=O) groups excluding carboxylic acids is 3. The summed E-state index contributed by atoms with van der Waals surface area (Å²) >= 11 is 1.08. The van der Waals surface area contributed by atoms with Crippen LogP contribution in [0.3, 0.4) is 0 Å². The first-order chi connectivity index (χ1) is 17.2. The van der Waals surface area contributed by atoms with Gasteiger partial charge in [-0.05, 0) is 46.1 Å². The minimum absolute atomic E-state index is 0.0638. The number of thioether (sulfide) groups is 1. The van der Waals surface area contributed by atoms with Gasteiger partial charge in [-0.1, -0.05) is 51.8 Å². The Kier molecular flexibility index (Phi) is 13.7. The molecule has 0 heterocycles. The predicted molar refractivity (Wildman–Crippen MR) is 145 cm³/mol. The number of carboxylic acids is 1. The predicted octanol–water partition coefficient (Wildman–Crippen LogP) is 4.83. The Labute approximate surface area is 225 Å². The molecule has 1 aliphatic rings. The van der Waals surface area contributed by atoms with Crippen molar-refractivity contribution in [2.45, 2.75) is 129 Å². The van der Waals surface area contributed by atoms with E-state index in [-0.39, 0.29) is 22.7 Å². The first-order valence-corrected chi connectivity index (χ1v) is 14.2. The van der Waals surface area contributed by atoms with E-state index in [0.29, 0.717) is 19.3 Å². The molecule has 0 aliphatic heterocycles. The van der Waals surface area contributed by atoms with Crippen LogP contribution in [0.1, 0.15) is 93.9 Å². The molecule has 212 valence electrons. The lowest BCUT2D eigenvalue weighted by Crippen LogP contribution is -2.64. The Morgan fingerprint density at radius 2 is 1.65 bits per heavy atom. The molecule has 10 heteroatoms. The summed E-state index contributed by atoms with van der Waals surface area (Å²) in [5, 5.41) is 15.5. The molecule has 1 rings (SSSR count). The molecule has 0 aromatic rings. The van der Waals surface area contributed by atoms with Crippen LogP contribution in [0.2, 0.25) is 0 Å². The quantitative estimate of drug-likeness (QED) is 0.282. The molecular weight excluding hydrogens is 496 g/mol. The number of hydrogen-bond acceptors (Lipinski definition) is 7. The molecule has 5 atom stereocenters. The second-order valence-corrected chi connectivity index (χ2v) is 12.0. The smallest absolute Gasteiger partial charge is 0.407 e. The average molecular weight is 543 g/mol. The lowest BCUT2D eigenvalue weighted by Gasteiger charge is -2.45. The van der Waals surface area contributed by atoms with Crippen LogP contribution in [0.5, 0.6) is 0 Å². The molecule has 2 amide bonds. The van der Waals surface area contributed by atoms with E-state index >= 15 is 0 Å². The van der Waals surface area contributed by atoms with Gasteiger partial charge in [-0.25, -0.2) is 9.59 Å². The molecule has 3 N–H and O–H groups in total. The summed E-state index contributed by atoms with van der Waals surface area (Å²) in [7, 11) is 0. The van der Waals surface area contributed by atoms with Crippen molar-refractivity contribution in [3.63, 3.8) is 0 Å². The van der Waals surface area contributed by atoms with Gasteiger partial charge in [0, 0.05) is 30.6 Å². The summed E-state index contributed by atoms with van der Waals surface area (Å²) in [6, 6.07) is -1.65. The largest absolute Gasteiger partial charge is 0.478 e. The molecule has 0 saturated carbocycles. The van der Waals surface area contributed by atoms with Crippen LogP contribution in [-0.2, 0) is 23.9 Å². The Bertz CT molecular complexity index is 820. The maximum atomic E-state index is 13.0. The van der Waals surface area contributed by atoms with Crippen molar-refractivity contribution in [3.8, 4) is 0 Å². The standard InChI is InChI=1S/C27H46N2O7S/c1-9-12-13-14-21(37-17(5)31)22-19(25(32)33)15-20(35-18(10-2)11-3)23(28-16(4)30)24(22)29-26(34)36-27(6,7)8/h15,18,20-24H,9-14H2,1-8H3,(H,28,30)(H,29,34)(H,32,33)/t20-,21?,22?,23?,24+/m1/s1. The van der Waals surface area contributed by atoms with E-state index in [1.165, 1.54) is 13.8 Å². The first kappa shape index (κ1) is 33.0. The van der Waals surface area contributed by atoms with Gasteiger partial charge in [0.15, 0.2) is 5.12 Å². The van der Waals surface area contributed by atoms with Crippen LogP contribution in [0, 0.1) is 5.92 Å². The summed E-state index contributed by atoms with van der Waals surface area (Å²) in [5.74, 6) is -2.26. The van der Waals surface area contributed by atoms with Crippen LogP contribution >= 0.6 is 11.8 Å². The number of ether oxygens (including phenoxy) is 2. The number of hydrogen-bond donors (Lipinski definition) is 3. The maximum absolute atomic E-state index is 13.0. The maximum Gasteiger partial charge on any atom is 0.407 e. The number of carboxylic acid groups (broad SMARTS) is 1. The van der Waals surface area contributed by atoms with Crippen LogP contribution in [0.4, 0.5) is 4.79 Å². The lowest BCUT2D eigenvalue weighted by molar-refractivity contribution is -0.134. The molecule has 0 fully saturated rings. The van der Waals surface area contributed by atoms with E-state index in [2.05, 4.69) is 17.6 Å². The van der Waals surface area contributed by atoms with E-state index < -0.39 is 47.0 Å². The highest BCUT2D eigenvalue weighted by Gasteiger charge is 2.48. The number of aliphatic carboxylic acids is 1. The van der Waals surface area contributed by atoms with Gasteiger partial charge in [-0.3, -0.25) is 9.59 Å². The Hall–Kier alpha value is -2.07. The number of rotatable bonds is 13. The number of alkyl carbamates (subject to hydrolysis) is 1. The van der Waals surface area contributed by atoms with E-state index in [1.54, 1.807) is 26.8 Å². The highest BCUT2D eigenvalue weighted by atomic mass is 32.2. The molecule has 0 radical (unpaired) electrons. The number of amides is 2. The third kappa shape index (κ3) is 11.1. The highest BCUT2D eigenvalue weighted by molar-refractivity contribution is 8.14. The van der Waals surface area contributed by atoms with Gasteiger partial charge >= 0.3 is 12.1 Å². The third-order valence-electron chi connectivity index (χ3n) is 6.20. The van der Waals surface area contributed by atoms with Crippen molar-refractivity contribution in [1.82, 2.24) is 10.6 Å². The topological polar surface area (TPSA) is 131 Å². The Balaban J connectivity index is 3.72. The molecule has 1 aliphatic carbocycles. The van der Waals surface area contributed by atoms with Crippen molar-refractivity contribution in [2.24, 2.45) is 5.92 Å². The van der Waals surface area contributed by atoms with Crippen molar-refractivity contribution in [2.75, 3.05) is 0 Å². The zero-order chi connectivity index (χ0) is 28.3. The number of nitrogens with one attached hydrogen (secondary N) is 2. The van der Waals surface area contributed by atoms with E-state index in [4.69, 9.17) is 9.47 Å². The molecular formula is C27H46N2O7S. The van der Waals surface area contributed by atoms with Gasteiger partial charge in [-0.15, -0.1) is 0 Å². The van der Waals surface area contributed by atoms with E-state index in [1.807, 2.05) is 13.8 Å². The van der Waals surface area contributed by atoms with Gasteiger partial charge in [-0.2, -0.15) is 0 Å². The van der Waals surface area contributed by atoms with Crippen LogP contribution < -0.4 is 10.6 Å². The van der Waals surface area contributed by atoms with Crippen molar-refractivity contribution in [1.29, 1.82) is 0 Å².